The number of amides is 3. The van der Waals surface area contributed by atoms with Crippen LogP contribution in [-0.2, 0) is 42.7 Å². The van der Waals surface area contributed by atoms with Crippen molar-refractivity contribution in [3.63, 3.8) is 0 Å². The first-order valence-corrected chi connectivity index (χ1v) is 10.3. The largest absolute Gasteiger partial charge is 0.366 e. The Bertz CT molecular complexity index is 1060. The van der Waals surface area contributed by atoms with E-state index < -0.39 is 6.04 Å². The van der Waals surface area contributed by atoms with Crippen LogP contribution in [0.15, 0.2) is 18.2 Å². The average Bonchev–Trinajstić information content (AvgIpc) is 3.23. The van der Waals surface area contributed by atoms with Crippen LogP contribution < -0.4 is 16.0 Å². The highest BCUT2D eigenvalue weighted by Gasteiger charge is 2.39. The molecule has 30 heavy (non-hydrogen) atoms. The van der Waals surface area contributed by atoms with Gasteiger partial charge in [0.25, 0.3) is 5.91 Å². The Balaban J connectivity index is 1.37. The summed E-state index contributed by atoms with van der Waals surface area (Å²) in [5, 5.41) is 13.8. The molecule has 1 saturated heterocycles. The van der Waals surface area contributed by atoms with Gasteiger partial charge in [-0.25, -0.2) is 0 Å². The van der Waals surface area contributed by atoms with E-state index in [1.54, 1.807) is 4.90 Å². The molecule has 0 bridgehead atoms. The number of aryl methyl sites for hydroxylation is 1. The van der Waals surface area contributed by atoms with Crippen molar-refractivity contribution in [3.05, 3.63) is 46.1 Å². The second kappa shape index (κ2) is 7.24. The monoisotopic (exact) mass is 408 g/mol. The number of carbonyl (C=O) groups excluding carboxylic acids is 3. The van der Waals surface area contributed by atoms with E-state index in [1.165, 1.54) is 5.56 Å². The van der Waals surface area contributed by atoms with Crippen molar-refractivity contribution in [2.24, 2.45) is 7.05 Å². The molecule has 9 nitrogen and oxygen atoms in total. The number of hydrogen-bond donors (Lipinski definition) is 3. The van der Waals surface area contributed by atoms with E-state index in [9.17, 15) is 14.4 Å². The normalized spacial score (nSPS) is 20.8. The number of rotatable bonds is 4. The van der Waals surface area contributed by atoms with E-state index in [1.807, 2.05) is 29.9 Å². The first-order valence-electron chi connectivity index (χ1n) is 10.3. The Morgan fingerprint density at radius 3 is 2.90 bits per heavy atom. The standard InChI is InChI=1S/C21H24N6O3/c1-26-19(14-10-22-8-7-16(14)25-26)23-9-12-3-2-4-13-15(12)11-27(21(13)30)17-5-6-18(28)24-20(17)29/h2-4,17,22-23H,5-11H2,1H3,(H,24,28,29). The maximum absolute atomic E-state index is 13.0. The van der Waals surface area contributed by atoms with E-state index in [4.69, 9.17) is 0 Å². The lowest BCUT2D eigenvalue weighted by atomic mass is 10.0. The Labute approximate surface area is 173 Å². The molecule has 3 aliphatic rings. The van der Waals surface area contributed by atoms with Gasteiger partial charge >= 0.3 is 0 Å². The fraction of sp³-hybridized carbons (Fsp3) is 0.429. The Kier molecular flexibility index (Phi) is 4.54. The number of piperidine rings is 1. The van der Waals surface area contributed by atoms with E-state index in [-0.39, 0.29) is 24.1 Å². The fourth-order valence-corrected chi connectivity index (χ4v) is 4.65. The highest BCUT2D eigenvalue weighted by molar-refractivity contribution is 6.05. The van der Waals surface area contributed by atoms with Gasteiger partial charge in [-0.15, -0.1) is 0 Å². The molecule has 2 aromatic rings. The molecule has 1 aromatic heterocycles. The summed E-state index contributed by atoms with van der Waals surface area (Å²) in [6.07, 6.45) is 1.54. The Morgan fingerprint density at radius 1 is 1.20 bits per heavy atom. The van der Waals surface area contributed by atoms with Gasteiger partial charge in [0, 0.05) is 57.2 Å². The van der Waals surface area contributed by atoms with Gasteiger partial charge in [-0.05, 0) is 23.6 Å². The summed E-state index contributed by atoms with van der Waals surface area (Å²) in [6.45, 7) is 2.67. The number of anilines is 1. The molecule has 1 atom stereocenters. The Morgan fingerprint density at radius 2 is 2.07 bits per heavy atom. The van der Waals surface area contributed by atoms with Crippen LogP contribution in [0, 0.1) is 0 Å². The molecule has 9 heteroatoms. The van der Waals surface area contributed by atoms with Crippen molar-refractivity contribution in [2.45, 2.75) is 44.9 Å². The van der Waals surface area contributed by atoms with Crippen LogP contribution in [0.25, 0.3) is 0 Å². The molecule has 0 saturated carbocycles. The van der Waals surface area contributed by atoms with E-state index in [0.717, 1.165) is 42.1 Å². The molecule has 3 aliphatic heterocycles. The quantitative estimate of drug-likeness (QED) is 0.634. The van der Waals surface area contributed by atoms with Crippen molar-refractivity contribution < 1.29 is 14.4 Å². The molecule has 5 rings (SSSR count). The minimum atomic E-state index is -0.599. The molecule has 156 valence electrons. The Hall–Kier alpha value is -3.20. The zero-order valence-corrected chi connectivity index (χ0v) is 16.8. The van der Waals surface area contributed by atoms with Crippen molar-refractivity contribution in [3.8, 4) is 0 Å². The third-order valence-corrected chi connectivity index (χ3v) is 6.19. The number of benzene rings is 1. The van der Waals surface area contributed by atoms with Gasteiger partial charge < -0.3 is 15.5 Å². The summed E-state index contributed by atoms with van der Waals surface area (Å²) < 4.78 is 1.88. The molecule has 3 amide bonds. The zero-order chi connectivity index (χ0) is 20.8. The van der Waals surface area contributed by atoms with Crippen LogP contribution in [0.3, 0.4) is 0 Å². The fourth-order valence-electron chi connectivity index (χ4n) is 4.65. The minimum absolute atomic E-state index is 0.150. The van der Waals surface area contributed by atoms with Gasteiger partial charge in [-0.2, -0.15) is 5.10 Å². The molecule has 4 heterocycles. The third-order valence-electron chi connectivity index (χ3n) is 6.19. The van der Waals surface area contributed by atoms with Crippen LogP contribution in [0.4, 0.5) is 5.82 Å². The molecular formula is C21H24N6O3. The van der Waals surface area contributed by atoms with Crippen LogP contribution in [0.5, 0.6) is 0 Å². The highest BCUT2D eigenvalue weighted by Crippen LogP contribution is 2.31. The number of nitrogens with one attached hydrogen (secondary N) is 3. The number of fused-ring (bicyclic) bond motifs is 2. The van der Waals surface area contributed by atoms with E-state index in [0.29, 0.717) is 25.1 Å². The third kappa shape index (κ3) is 3.06. The van der Waals surface area contributed by atoms with E-state index >= 15 is 0 Å². The van der Waals surface area contributed by atoms with Gasteiger partial charge in [0.15, 0.2) is 0 Å². The lowest BCUT2D eigenvalue weighted by molar-refractivity contribution is -0.136. The zero-order valence-electron chi connectivity index (χ0n) is 16.8. The predicted molar refractivity (Wildman–Crippen MR) is 108 cm³/mol. The summed E-state index contributed by atoms with van der Waals surface area (Å²) in [7, 11) is 1.93. The van der Waals surface area contributed by atoms with Gasteiger partial charge in [0.2, 0.25) is 11.8 Å². The summed E-state index contributed by atoms with van der Waals surface area (Å²) in [4.78, 5) is 38.3. The van der Waals surface area contributed by atoms with Crippen LogP contribution in [0.1, 0.15) is 45.6 Å². The van der Waals surface area contributed by atoms with Crippen molar-refractivity contribution in [1.29, 1.82) is 0 Å². The maximum atomic E-state index is 13.0. The summed E-state index contributed by atoms with van der Waals surface area (Å²) in [5.41, 5.74) is 4.91. The second-order valence-electron chi connectivity index (χ2n) is 8.02. The molecule has 1 fully saturated rings. The van der Waals surface area contributed by atoms with Crippen LogP contribution in [-0.4, -0.2) is 45.0 Å². The lowest BCUT2D eigenvalue weighted by Crippen LogP contribution is -2.52. The molecule has 0 aliphatic carbocycles. The topological polar surface area (TPSA) is 108 Å². The summed E-state index contributed by atoms with van der Waals surface area (Å²) >= 11 is 0. The first kappa shape index (κ1) is 18.8. The molecule has 0 spiro atoms. The molecule has 1 aromatic carbocycles. The maximum Gasteiger partial charge on any atom is 0.255 e. The number of carbonyl (C=O) groups is 3. The van der Waals surface area contributed by atoms with E-state index in [2.05, 4.69) is 21.0 Å². The molecule has 1 unspecified atom stereocenters. The number of imide groups is 1. The van der Waals surface area contributed by atoms with Gasteiger partial charge in [0.05, 0.1) is 5.69 Å². The van der Waals surface area contributed by atoms with Crippen LogP contribution in [0.2, 0.25) is 0 Å². The predicted octanol–water partition coefficient (Wildman–Crippen LogP) is 0.439. The minimum Gasteiger partial charge on any atom is -0.366 e. The first-order chi connectivity index (χ1) is 14.5. The summed E-state index contributed by atoms with van der Waals surface area (Å²) in [6, 6.07) is 5.09. The van der Waals surface area contributed by atoms with Gasteiger partial charge in [-0.3, -0.25) is 24.4 Å². The van der Waals surface area contributed by atoms with Crippen molar-refractivity contribution in [1.82, 2.24) is 25.3 Å². The van der Waals surface area contributed by atoms with Crippen molar-refractivity contribution >= 4 is 23.5 Å². The lowest BCUT2D eigenvalue weighted by Gasteiger charge is -2.29. The molecule has 3 N–H and O–H groups in total. The molecular weight excluding hydrogens is 384 g/mol. The van der Waals surface area contributed by atoms with Gasteiger partial charge in [0.1, 0.15) is 11.9 Å². The molecule has 0 radical (unpaired) electrons. The number of aromatic nitrogens is 2. The SMILES string of the molecule is Cn1nc2c(c1NCc1cccc3c1CN(C1CCC(=O)NC1=O)C3=O)CNCC2. The summed E-state index contributed by atoms with van der Waals surface area (Å²) in [5.74, 6) is 0.171. The van der Waals surface area contributed by atoms with Gasteiger partial charge in [-0.1, -0.05) is 12.1 Å². The smallest absolute Gasteiger partial charge is 0.255 e. The highest BCUT2D eigenvalue weighted by atomic mass is 16.2. The van der Waals surface area contributed by atoms with Crippen molar-refractivity contribution in [2.75, 3.05) is 11.9 Å². The van der Waals surface area contributed by atoms with Crippen LogP contribution >= 0.6 is 0 Å². The second-order valence-corrected chi connectivity index (χ2v) is 8.02. The average molecular weight is 408 g/mol. The number of hydrogen-bond acceptors (Lipinski definition) is 6. The number of nitrogens with zero attached hydrogens (tertiary/aromatic N) is 3.